The van der Waals surface area contributed by atoms with Crippen LogP contribution < -0.4 is 5.32 Å². The van der Waals surface area contributed by atoms with Crippen LogP contribution in [0.25, 0.3) is 0 Å². The van der Waals surface area contributed by atoms with Crippen molar-refractivity contribution in [2.45, 2.75) is 26.2 Å². The van der Waals surface area contributed by atoms with E-state index in [0.29, 0.717) is 0 Å². The first-order valence-corrected chi connectivity index (χ1v) is 6.43. The van der Waals surface area contributed by atoms with Crippen LogP contribution in [0.2, 0.25) is 0 Å². The molecule has 2 N–H and O–H groups in total. The van der Waals surface area contributed by atoms with Gasteiger partial charge in [-0.2, -0.15) is 0 Å². The fourth-order valence-corrected chi connectivity index (χ4v) is 1.87. The Bertz CT molecular complexity index is 491. The largest absolute Gasteiger partial charge is 0.506 e. The number of phenolic OH excluding ortho intramolecular Hbond substituents is 1. The van der Waals surface area contributed by atoms with Gasteiger partial charge >= 0.3 is 0 Å². The summed E-state index contributed by atoms with van der Waals surface area (Å²) in [4.78, 5) is 0. The number of benzene rings is 2. The number of nitrogens with one attached hydrogen (secondary N) is 1. The number of aryl methyl sites for hydroxylation is 1. The lowest BCUT2D eigenvalue weighted by molar-refractivity contribution is 0.478. The lowest BCUT2D eigenvalue weighted by Crippen LogP contribution is -1.91. The van der Waals surface area contributed by atoms with E-state index in [0.717, 1.165) is 17.8 Å². The second-order valence-electron chi connectivity index (χ2n) is 4.44. The van der Waals surface area contributed by atoms with Gasteiger partial charge in [-0.25, -0.2) is 0 Å². The van der Waals surface area contributed by atoms with Gasteiger partial charge in [-0.3, -0.25) is 0 Å². The Morgan fingerprint density at radius 1 is 1.00 bits per heavy atom. The van der Waals surface area contributed by atoms with Crippen LogP contribution in [0.3, 0.4) is 0 Å². The number of hydrogen-bond donors (Lipinski definition) is 2. The average Bonchev–Trinajstić information content (AvgIpc) is 2.41. The summed E-state index contributed by atoms with van der Waals surface area (Å²) < 4.78 is 0. The van der Waals surface area contributed by atoms with Gasteiger partial charge in [-0.05, 0) is 42.7 Å². The molecule has 0 atom stereocenters. The molecule has 2 aromatic rings. The van der Waals surface area contributed by atoms with Crippen LogP contribution in [-0.2, 0) is 6.42 Å². The van der Waals surface area contributed by atoms with Gasteiger partial charge < -0.3 is 10.4 Å². The number of unbranched alkanes of at least 4 members (excludes halogenated alkanes) is 1. The highest BCUT2D eigenvalue weighted by atomic mass is 16.3. The summed E-state index contributed by atoms with van der Waals surface area (Å²) in [6.45, 7) is 2.20. The third kappa shape index (κ3) is 3.27. The Morgan fingerprint density at radius 3 is 2.39 bits per heavy atom. The minimum Gasteiger partial charge on any atom is -0.506 e. The van der Waals surface area contributed by atoms with Crippen LogP contribution in [0.5, 0.6) is 5.75 Å². The average molecular weight is 241 g/mol. The molecule has 2 rings (SSSR count). The van der Waals surface area contributed by atoms with E-state index in [-0.39, 0.29) is 5.75 Å². The molecule has 0 aromatic heterocycles. The smallest absolute Gasteiger partial charge is 0.139 e. The third-order valence-electron chi connectivity index (χ3n) is 2.96. The summed E-state index contributed by atoms with van der Waals surface area (Å²) >= 11 is 0. The zero-order valence-electron chi connectivity index (χ0n) is 10.7. The lowest BCUT2D eigenvalue weighted by atomic mass is 10.1. The molecule has 0 unspecified atom stereocenters. The minimum atomic E-state index is 0.271. The quantitative estimate of drug-likeness (QED) is 0.756. The van der Waals surface area contributed by atoms with E-state index in [9.17, 15) is 5.11 Å². The predicted molar refractivity (Wildman–Crippen MR) is 76.4 cm³/mol. The standard InChI is InChI=1S/C16H19NO/c1-2-3-6-13-9-11-14(12-10-13)17-15-7-4-5-8-16(15)18/h4-5,7-12,17-18H,2-3,6H2,1H3. The van der Waals surface area contributed by atoms with E-state index in [1.54, 1.807) is 6.07 Å². The Morgan fingerprint density at radius 2 is 1.72 bits per heavy atom. The monoisotopic (exact) mass is 241 g/mol. The molecule has 0 saturated carbocycles. The number of rotatable bonds is 5. The van der Waals surface area contributed by atoms with Gasteiger partial charge in [-0.15, -0.1) is 0 Å². The highest BCUT2D eigenvalue weighted by molar-refractivity contribution is 5.65. The third-order valence-corrected chi connectivity index (χ3v) is 2.96. The van der Waals surface area contributed by atoms with E-state index in [1.165, 1.54) is 18.4 Å². The first kappa shape index (κ1) is 12.5. The molecule has 0 aliphatic heterocycles. The van der Waals surface area contributed by atoms with Gasteiger partial charge in [0.1, 0.15) is 5.75 Å². The normalized spacial score (nSPS) is 10.3. The van der Waals surface area contributed by atoms with E-state index in [2.05, 4.69) is 36.5 Å². The van der Waals surface area contributed by atoms with Crippen molar-refractivity contribution >= 4 is 11.4 Å². The van der Waals surface area contributed by atoms with Crippen molar-refractivity contribution in [1.29, 1.82) is 0 Å². The fourth-order valence-electron chi connectivity index (χ4n) is 1.87. The van der Waals surface area contributed by atoms with Crippen molar-refractivity contribution in [1.82, 2.24) is 0 Å². The van der Waals surface area contributed by atoms with E-state index in [4.69, 9.17) is 0 Å². The molecule has 0 saturated heterocycles. The second-order valence-corrected chi connectivity index (χ2v) is 4.44. The van der Waals surface area contributed by atoms with Crippen LogP contribution in [0.1, 0.15) is 25.3 Å². The van der Waals surface area contributed by atoms with Gasteiger partial charge in [0.2, 0.25) is 0 Å². The number of aromatic hydroxyl groups is 1. The highest BCUT2D eigenvalue weighted by Crippen LogP contribution is 2.25. The molecular formula is C16H19NO. The summed E-state index contributed by atoms with van der Waals surface area (Å²) in [5.74, 6) is 0.271. The maximum atomic E-state index is 9.68. The molecule has 0 spiro atoms. The van der Waals surface area contributed by atoms with Crippen LogP contribution in [0.4, 0.5) is 11.4 Å². The van der Waals surface area contributed by atoms with Crippen molar-refractivity contribution in [3.63, 3.8) is 0 Å². The zero-order chi connectivity index (χ0) is 12.8. The van der Waals surface area contributed by atoms with Crippen molar-refractivity contribution < 1.29 is 5.11 Å². The van der Waals surface area contributed by atoms with Gasteiger partial charge in [0, 0.05) is 5.69 Å². The molecule has 0 bridgehead atoms. The van der Waals surface area contributed by atoms with Crippen LogP contribution in [-0.4, -0.2) is 5.11 Å². The second kappa shape index (κ2) is 6.10. The molecule has 0 heterocycles. The van der Waals surface area contributed by atoms with Crippen molar-refractivity contribution in [2.75, 3.05) is 5.32 Å². The maximum Gasteiger partial charge on any atom is 0.139 e. The van der Waals surface area contributed by atoms with Gasteiger partial charge in [0.15, 0.2) is 0 Å². The summed E-state index contributed by atoms with van der Waals surface area (Å²) in [7, 11) is 0. The van der Waals surface area contributed by atoms with E-state index >= 15 is 0 Å². The summed E-state index contributed by atoms with van der Waals surface area (Å²) in [6, 6.07) is 15.6. The molecule has 18 heavy (non-hydrogen) atoms. The topological polar surface area (TPSA) is 32.3 Å². The van der Waals surface area contributed by atoms with Crippen LogP contribution in [0.15, 0.2) is 48.5 Å². The number of anilines is 2. The summed E-state index contributed by atoms with van der Waals surface area (Å²) in [6.07, 6.45) is 3.58. The van der Waals surface area contributed by atoms with Crippen LogP contribution in [0, 0.1) is 0 Å². The van der Waals surface area contributed by atoms with Gasteiger partial charge in [0.05, 0.1) is 5.69 Å². The number of phenols is 1. The minimum absolute atomic E-state index is 0.271. The fraction of sp³-hybridized carbons (Fsp3) is 0.250. The molecule has 0 amide bonds. The lowest BCUT2D eigenvalue weighted by Gasteiger charge is -2.09. The Labute approximate surface area is 108 Å². The predicted octanol–water partition coefficient (Wildman–Crippen LogP) is 4.48. The van der Waals surface area contributed by atoms with Gasteiger partial charge in [0.25, 0.3) is 0 Å². The molecule has 2 nitrogen and oxygen atoms in total. The molecule has 94 valence electrons. The summed E-state index contributed by atoms with van der Waals surface area (Å²) in [5, 5.41) is 12.9. The first-order valence-electron chi connectivity index (χ1n) is 6.43. The molecular weight excluding hydrogens is 222 g/mol. The number of para-hydroxylation sites is 2. The molecule has 0 fully saturated rings. The molecule has 0 aliphatic carbocycles. The Balaban J connectivity index is 2.04. The molecule has 2 heteroatoms. The SMILES string of the molecule is CCCCc1ccc(Nc2ccccc2O)cc1. The maximum absolute atomic E-state index is 9.68. The Kier molecular flexibility index (Phi) is 4.24. The molecule has 0 aliphatic rings. The number of hydrogen-bond acceptors (Lipinski definition) is 2. The van der Waals surface area contributed by atoms with E-state index in [1.807, 2.05) is 18.2 Å². The summed E-state index contributed by atoms with van der Waals surface area (Å²) in [5.41, 5.74) is 3.09. The van der Waals surface area contributed by atoms with E-state index < -0.39 is 0 Å². The zero-order valence-corrected chi connectivity index (χ0v) is 10.7. The Hall–Kier alpha value is -1.96. The molecule has 0 radical (unpaired) electrons. The van der Waals surface area contributed by atoms with Crippen molar-refractivity contribution in [3.05, 3.63) is 54.1 Å². The first-order chi connectivity index (χ1) is 8.79. The van der Waals surface area contributed by atoms with Crippen molar-refractivity contribution in [2.24, 2.45) is 0 Å². The van der Waals surface area contributed by atoms with Crippen LogP contribution >= 0.6 is 0 Å². The van der Waals surface area contributed by atoms with Gasteiger partial charge in [-0.1, -0.05) is 37.6 Å². The molecule has 2 aromatic carbocycles. The van der Waals surface area contributed by atoms with Crippen molar-refractivity contribution in [3.8, 4) is 5.75 Å². The highest BCUT2D eigenvalue weighted by Gasteiger charge is 2.00.